The molecule has 2 heterocycles. The van der Waals surface area contributed by atoms with Crippen molar-refractivity contribution in [3.05, 3.63) is 24.0 Å². The Balaban J connectivity index is 1.74. The van der Waals surface area contributed by atoms with Crippen LogP contribution in [0.3, 0.4) is 0 Å². The van der Waals surface area contributed by atoms with Crippen molar-refractivity contribution in [2.24, 2.45) is 0 Å². The van der Waals surface area contributed by atoms with Crippen LogP contribution in [0.25, 0.3) is 0 Å². The topological polar surface area (TPSA) is 19.0 Å². The lowest BCUT2D eigenvalue weighted by Crippen LogP contribution is -2.21. The molecule has 0 spiro atoms. The summed E-state index contributed by atoms with van der Waals surface area (Å²) in [6.07, 6.45) is 8.08. The highest BCUT2D eigenvalue weighted by Gasteiger charge is 2.10. The Morgan fingerprint density at radius 1 is 1.33 bits per heavy atom. The first-order valence-corrected chi connectivity index (χ1v) is 4.79. The molecule has 1 aromatic rings. The molecule has 1 N–H and O–H groups in total. The normalized spacial score (nSPS) is 18.7. The van der Waals surface area contributed by atoms with Crippen LogP contribution >= 0.6 is 0 Å². The van der Waals surface area contributed by atoms with Crippen molar-refractivity contribution in [1.82, 2.24) is 9.88 Å². The van der Waals surface area contributed by atoms with Gasteiger partial charge in [0.2, 0.25) is 0 Å². The van der Waals surface area contributed by atoms with Crippen LogP contribution in [-0.4, -0.2) is 29.5 Å². The maximum absolute atomic E-state index is 3.09. The summed E-state index contributed by atoms with van der Waals surface area (Å²) < 4.78 is 0. The van der Waals surface area contributed by atoms with Crippen molar-refractivity contribution >= 4 is 0 Å². The Morgan fingerprint density at radius 3 is 2.83 bits per heavy atom. The maximum atomic E-state index is 3.09. The third-order valence-corrected chi connectivity index (χ3v) is 2.58. The smallest absolute Gasteiger partial charge is 0.00378 e. The molecule has 0 aliphatic carbocycles. The van der Waals surface area contributed by atoms with Gasteiger partial charge in [0.25, 0.3) is 0 Å². The highest BCUT2D eigenvalue weighted by atomic mass is 15.1. The lowest BCUT2D eigenvalue weighted by atomic mass is 10.2. The minimum Gasteiger partial charge on any atom is -0.367 e. The molecule has 12 heavy (non-hydrogen) atoms. The minimum absolute atomic E-state index is 1.20. The van der Waals surface area contributed by atoms with Crippen molar-refractivity contribution in [1.29, 1.82) is 0 Å². The van der Waals surface area contributed by atoms with Crippen LogP contribution in [0.5, 0.6) is 0 Å². The molecule has 1 aromatic heterocycles. The van der Waals surface area contributed by atoms with E-state index in [4.69, 9.17) is 0 Å². The molecule has 1 fully saturated rings. The molecule has 1 saturated heterocycles. The summed E-state index contributed by atoms with van der Waals surface area (Å²) in [5.41, 5.74) is 1.43. The minimum atomic E-state index is 1.20. The standard InChI is InChI=1S/C10H16N2/c1-2-7-12(6-1)8-4-10-3-5-11-9-10/h3,5,9,11H,1-2,4,6-8H2. The zero-order chi connectivity index (χ0) is 8.23. The largest absolute Gasteiger partial charge is 0.367 e. The summed E-state index contributed by atoms with van der Waals surface area (Å²) in [6, 6.07) is 2.16. The molecule has 2 rings (SSSR count). The molecule has 2 nitrogen and oxygen atoms in total. The third kappa shape index (κ3) is 1.89. The highest BCUT2D eigenvalue weighted by Crippen LogP contribution is 2.08. The monoisotopic (exact) mass is 164 g/mol. The number of nitrogens with zero attached hydrogens (tertiary/aromatic N) is 1. The summed E-state index contributed by atoms with van der Waals surface area (Å²) >= 11 is 0. The average Bonchev–Trinajstić information content (AvgIpc) is 2.74. The van der Waals surface area contributed by atoms with Crippen LogP contribution in [0.4, 0.5) is 0 Å². The molecule has 0 atom stereocenters. The lowest BCUT2D eigenvalue weighted by Gasteiger charge is -2.12. The molecule has 0 radical (unpaired) electrons. The zero-order valence-corrected chi connectivity index (χ0v) is 7.42. The van der Waals surface area contributed by atoms with Gasteiger partial charge in [-0.15, -0.1) is 0 Å². The second-order valence-electron chi connectivity index (χ2n) is 3.52. The van der Waals surface area contributed by atoms with Crippen LogP contribution in [0.15, 0.2) is 18.5 Å². The average molecular weight is 164 g/mol. The number of hydrogen-bond donors (Lipinski definition) is 1. The summed E-state index contributed by atoms with van der Waals surface area (Å²) in [4.78, 5) is 5.64. The Hall–Kier alpha value is -0.760. The van der Waals surface area contributed by atoms with E-state index < -0.39 is 0 Å². The van der Waals surface area contributed by atoms with Crippen molar-refractivity contribution in [2.75, 3.05) is 19.6 Å². The molecule has 2 heteroatoms. The first kappa shape index (κ1) is 7.87. The summed E-state index contributed by atoms with van der Waals surface area (Å²) in [5.74, 6) is 0. The van der Waals surface area contributed by atoms with Gasteiger partial charge in [-0.2, -0.15) is 0 Å². The molecule has 66 valence electrons. The molecule has 0 unspecified atom stereocenters. The van der Waals surface area contributed by atoms with Gasteiger partial charge < -0.3 is 9.88 Å². The second kappa shape index (κ2) is 3.76. The first-order valence-electron chi connectivity index (χ1n) is 4.79. The van der Waals surface area contributed by atoms with Gasteiger partial charge in [0.1, 0.15) is 0 Å². The Kier molecular flexibility index (Phi) is 2.47. The third-order valence-electron chi connectivity index (χ3n) is 2.58. The van der Waals surface area contributed by atoms with E-state index in [9.17, 15) is 0 Å². The van der Waals surface area contributed by atoms with E-state index in [2.05, 4.69) is 22.1 Å². The summed E-state index contributed by atoms with van der Waals surface area (Å²) in [5, 5.41) is 0. The Labute approximate surface area is 73.6 Å². The van der Waals surface area contributed by atoms with Crippen molar-refractivity contribution in [2.45, 2.75) is 19.3 Å². The van der Waals surface area contributed by atoms with Crippen LogP contribution in [0, 0.1) is 0 Å². The SMILES string of the molecule is c1cc(CCN2CCCC2)c[nH]1. The molecular formula is C10H16N2. The van der Waals surface area contributed by atoms with Crippen molar-refractivity contribution in [3.8, 4) is 0 Å². The quantitative estimate of drug-likeness (QED) is 0.719. The van der Waals surface area contributed by atoms with Gasteiger partial charge in [-0.3, -0.25) is 0 Å². The fraction of sp³-hybridized carbons (Fsp3) is 0.600. The van der Waals surface area contributed by atoms with Gasteiger partial charge in [0, 0.05) is 18.9 Å². The second-order valence-corrected chi connectivity index (χ2v) is 3.52. The van der Waals surface area contributed by atoms with Gasteiger partial charge in [-0.1, -0.05) is 0 Å². The number of H-pyrrole nitrogens is 1. The highest BCUT2D eigenvalue weighted by molar-refractivity contribution is 5.08. The van der Waals surface area contributed by atoms with E-state index in [0.29, 0.717) is 0 Å². The number of nitrogens with one attached hydrogen (secondary N) is 1. The number of aromatic amines is 1. The Morgan fingerprint density at radius 2 is 2.17 bits per heavy atom. The van der Waals surface area contributed by atoms with E-state index in [-0.39, 0.29) is 0 Å². The molecule has 0 saturated carbocycles. The van der Waals surface area contributed by atoms with Gasteiger partial charge in [0.05, 0.1) is 0 Å². The number of likely N-dealkylation sites (tertiary alicyclic amines) is 1. The molecule has 0 aromatic carbocycles. The van der Waals surface area contributed by atoms with Crippen molar-refractivity contribution < 1.29 is 0 Å². The fourth-order valence-electron chi connectivity index (χ4n) is 1.81. The van der Waals surface area contributed by atoms with Crippen LogP contribution < -0.4 is 0 Å². The van der Waals surface area contributed by atoms with E-state index in [1.807, 2.05) is 6.20 Å². The predicted molar refractivity (Wildman–Crippen MR) is 50.2 cm³/mol. The van der Waals surface area contributed by atoms with Crippen molar-refractivity contribution in [3.63, 3.8) is 0 Å². The van der Waals surface area contributed by atoms with Crippen LogP contribution in [0.2, 0.25) is 0 Å². The lowest BCUT2D eigenvalue weighted by molar-refractivity contribution is 0.343. The molecular weight excluding hydrogens is 148 g/mol. The van der Waals surface area contributed by atoms with Gasteiger partial charge >= 0.3 is 0 Å². The predicted octanol–water partition coefficient (Wildman–Crippen LogP) is 1.65. The van der Waals surface area contributed by atoms with E-state index in [0.717, 1.165) is 0 Å². The maximum Gasteiger partial charge on any atom is 0.00378 e. The van der Waals surface area contributed by atoms with E-state index in [1.165, 1.54) is 44.5 Å². The number of aromatic nitrogens is 1. The van der Waals surface area contributed by atoms with Crippen LogP contribution in [-0.2, 0) is 6.42 Å². The molecule has 0 amide bonds. The zero-order valence-electron chi connectivity index (χ0n) is 7.42. The number of rotatable bonds is 3. The molecule has 0 bridgehead atoms. The fourth-order valence-corrected chi connectivity index (χ4v) is 1.81. The van der Waals surface area contributed by atoms with E-state index in [1.54, 1.807) is 0 Å². The van der Waals surface area contributed by atoms with Gasteiger partial charge in [0.15, 0.2) is 0 Å². The number of hydrogen-bond acceptors (Lipinski definition) is 1. The summed E-state index contributed by atoms with van der Waals surface area (Å²) in [6.45, 7) is 3.85. The first-order chi connectivity index (χ1) is 5.95. The molecule has 1 aliphatic rings. The van der Waals surface area contributed by atoms with Crippen LogP contribution in [0.1, 0.15) is 18.4 Å². The summed E-state index contributed by atoms with van der Waals surface area (Å²) in [7, 11) is 0. The Bertz CT molecular complexity index is 210. The van der Waals surface area contributed by atoms with Gasteiger partial charge in [-0.25, -0.2) is 0 Å². The van der Waals surface area contributed by atoms with E-state index >= 15 is 0 Å². The molecule has 1 aliphatic heterocycles. The van der Waals surface area contributed by atoms with Gasteiger partial charge in [-0.05, 0) is 44.0 Å².